The van der Waals surface area contributed by atoms with Crippen molar-refractivity contribution in [2.45, 2.75) is 0 Å². The number of nitrogens with zero attached hydrogens (tertiary/aromatic N) is 3. The summed E-state index contributed by atoms with van der Waals surface area (Å²) < 4.78 is 2.17. The van der Waals surface area contributed by atoms with Gasteiger partial charge in [-0.1, -0.05) is 243 Å². The van der Waals surface area contributed by atoms with Crippen molar-refractivity contribution in [2.75, 3.05) is 0 Å². The minimum atomic E-state index is 0.787. The maximum absolute atomic E-state index is 4.89. The Balaban J connectivity index is 0.907. The van der Waals surface area contributed by atoms with Gasteiger partial charge >= 0.3 is 0 Å². The Labute approximate surface area is 446 Å². The van der Waals surface area contributed by atoms with Crippen LogP contribution in [-0.2, 0) is 0 Å². The van der Waals surface area contributed by atoms with Gasteiger partial charge in [-0.3, -0.25) is 4.57 Å². The average molecular weight is 978 g/mol. The number of benzene rings is 14. The fourth-order valence-electron chi connectivity index (χ4n) is 12.2. The zero-order valence-corrected chi connectivity index (χ0v) is 42.0. The highest BCUT2D eigenvalue weighted by molar-refractivity contribution is 6.24. The van der Waals surface area contributed by atoms with Gasteiger partial charge in [0.15, 0.2) is 11.6 Å². The molecule has 0 unspecified atom stereocenters. The first kappa shape index (κ1) is 44.3. The second-order valence-corrected chi connectivity index (χ2v) is 20.1. The fraction of sp³-hybridized carbons (Fsp3) is 0. The molecule has 0 fully saturated rings. The molecule has 0 saturated carbocycles. The van der Waals surface area contributed by atoms with Crippen molar-refractivity contribution >= 4 is 64.6 Å². The van der Waals surface area contributed by atoms with Crippen LogP contribution in [0.5, 0.6) is 0 Å². The second kappa shape index (κ2) is 18.3. The third-order valence-electron chi connectivity index (χ3n) is 15.6. The molecule has 1 aromatic heterocycles. The molecule has 0 radical (unpaired) electrons. The van der Waals surface area contributed by atoms with E-state index in [0.717, 1.165) is 39.6 Å². The molecular formula is C74H47N3. The van der Waals surface area contributed by atoms with Crippen molar-refractivity contribution in [2.24, 2.45) is 0 Å². The smallest absolute Gasteiger partial charge is 0.168 e. The van der Waals surface area contributed by atoms with E-state index in [9.17, 15) is 0 Å². The Morgan fingerprint density at radius 2 is 0.532 bits per heavy atom. The fourth-order valence-corrected chi connectivity index (χ4v) is 12.2. The Kier molecular flexibility index (Phi) is 10.5. The number of rotatable bonds is 8. The van der Waals surface area contributed by atoms with Crippen molar-refractivity contribution in [3.63, 3.8) is 0 Å². The number of fused-ring (bicyclic) bond motifs is 6. The maximum Gasteiger partial charge on any atom is 0.168 e. The number of hydrogen-bond acceptors (Lipinski definition) is 2. The van der Waals surface area contributed by atoms with E-state index < -0.39 is 0 Å². The molecule has 0 aliphatic carbocycles. The summed E-state index contributed by atoms with van der Waals surface area (Å²) in [5, 5.41) is 24.4. The summed E-state index contributed by atoms with van der Waals surface area (Å²) in [6, 6.07) is 104. The number of aromatic nitrogens is 3. The van der Waals surface area contributed by atoms with Gasteiger partial charge in [-0.25, -0.2) is 0 Å². The normalized spacial score (nSPS) is 11.6. The summed E-state index contributed by atoms with van der Waals surface area (Å²) in [7, 11) is 0. The SMILES string of the molecule is c1ccc(-c2nnc(-c3cccc(-c4c5ccccc5c(-c5cccc(-c6ccc7c(-c8ccc9ccccc9c8)c8ccccc8c(-c8ccc9ccccc9c8)c7c6)c5)c5ccccc45)c3)n2-c2ccccc2)cc1. The first-order valence-electron chi connectivity index (χ1n) is 26.4. The van der Waals surface area contributed by atoms with E-state index in [4.69, 9.17) is 10.2 Å². The van der Waals surface area contributed by atoms with Crippen LogP contribution >= 0.6 is 0 Å². The van der Waals surface area contributed by atoms with Crippen LogP contribution in [0, 0.1) is 0 Å². The molecule has 0 saturated heterocycles. The van der Waals surface area contributed by atoms with Gasteiger partial charge in [0.1, 0.15) is 0 Å². The van der Waals surface area contributed by atoms with Gasteiger partial charge in [0.25, 0.3) is 0 Å². The predicted octanol–water partition coefficient (Wildman–Crippen LogP) is 19.9. The van der Waals surface area contributed by atoms with Gasteiger partial charge in [0.2, 0.25) is 0 Å². The molecule has 0 aliphatic rings. The zero-order valence-electron chi connectivity index (χ0n) is 42.0. The van der Waals surface area contributed by atoms with Crippen molar-refractivity contribution in [1.82, 2.24) is 14.8 Å². The van der Waals surface area contributed by atoms with Gasteiger partial charge in [-0.15, -0.1) is 10.2 Å². The Morgan fingerprint density at radius 3 is 1.05 bits per heavy atom. The van der Waals surface area contributed by atoms with Gasteiger partial charge in [-0.05, 0) is 163 Å². The minimum absolute atomic E-state index is 0.787. The molecule has 0 aliphatic heterocycles. The molecule has 0 bridgehead atoms. The van der Waals surface area contributed by atoms with Crippen LogP contribution in [0.4, 0.5) is 0 Å². The third kappa shape index (κ3) is 7.51. The van der Waals surface area contributed by atoms with Gasteiger partial charge in [0, 0.05) is 16.8 Å². The molecule has 0 amide bonds. The van der Waals surface area contributed by atoms with Gasteiger partial charge in [0.05, 0.1) is 0 Å². The van der Waals surface area contributed by atoms with Crippen LogP contribution in [0.1, 0.15) is 0 Å². The zero-order chi connectivity index (χ0) is 50.8. The van der Waals surface area contributed by atoms with Crippen LogP contribution < -0.4 is 0 Å². The molecule has 15 rings (SSSR count). The van der Waals surface area contributed by atoms with E-state index in [0.29, 0.717) is 0 Å². The van der Waals surface area contributed by atoms with Crippen molar-refractivity contribution in [3.8, 4) is 84.1 Å². The van der Waals surface area contributed by atoms with Gasteiger partial charge < -0.3 is 0 Å². The Bertz CT molecular complexity index is 4740. The van der Waals surface area contributed by atoms with E-state index in [-0.39, 0.29) is 0 Å². The molecule has 15 aromatic rings. The lowest BCUT2D eigenvalue weighted by Gasteiger charge is -2.20. The first-order valence-corrected chi connectivity index (χ1v) is 26.4. The largest absolute Gasteiger partial charge is 0.275 e. The second-order valence-electron chi connectivity index (χ2n) is 20.1. The molecule has 3 heteroatoms. The molecule has 0 spiro atoms. The Morgan fingerprint density at radius 1 is 0.195 bits per heavy atom. The molecular weight excluding hydrogens is 931 g/mol. The number of hydrogen-bond donors (Lipinski definition) is 0. The van der Waals surface area contributed by atoms with Crippen LogP contribution in [0.15, 0.2) is 285 Å². The molecule has 0 atom stereocenters. The molecule has 1 heterocycles. The maximum atomic E-state index is 4.89. The summed E-state index contributed by atoms with van der Waals surface area (Å²) in [6.45, 7) is 0. The van der Waals surface area contributed by atoms with Crippen LogP contribution in [0.25, 0.3) is 149 Å². The van der Waals surface area contributed by atoms with Crippen molar-refractivity contribution < 1.29 is 0 Å². The van der Waals surface area contributed by atoms with Crippen LogP contribution in [0.3, 0.4) is 0 Å². The Hall–Kier alpha value is -10.2. The monoisotopic (exact) mass is 977 g/mol. The molecule has 358 valence electrons. The van der Waals surface area contributed by atoms with Gasteiger partial charge in [-0.2, -0.15) is 0 Å². The highest BCUT2D eigenvalue weighted by atomic mass is 15.3. The third-order valence-corrected chi connectivity index (χ3v) is 15.6. The molecule has 3 nitrogen and oxygen atoms in total. The summed E-state index contributed by atoms with van der Waals surface area (Å²) in [5.41, 5.74) is 15.0. The van der Waals surface area contributed by atoms with E-state index in [2.05, 4.69) is 265 Å². The summed E-state index contributed by atoms with van der Waals surface area (Å²) in [4.78, 5) is 0. The minimum Gasteiger partial charge on any atom is -0.275 e. The lowest BCUT2D eigenvalue weighted by molar-refractivity contribution is 1.07. The van der Waals surface area contributed by atoms with E-state index in [1.54, 1.807) is 0 Å². The van der Waals surface area contributed by atoms with Crippen molar-refractivity contribution in [3.05, 3.63) is 285 Å². The topological polar surface area (TPSA) is 30.7 Å². The predicted molar refractivity (Wildman–Crippen MR) is 324 cm³/mol. The first-order chi connectivity index (χ1) is 38.2. The summed E-state index contributed by atoms with van der Waals surface area (Å²) >= 11 is 0. The molecule has 14 aromatic carbocycles. The molecule has 0 N–H and O–H groups in total. The highest BCUT2D eigenvalue weighted by Gasteiger charge is 2.22. The highest BCUT2D eigenvalue weighted by Crippen LogP contribution is 2.48. The van der Waals surface area contributed by atoms with Crippen molar-refractivity contribution in [1.29, 1.82) is 0 Å². The quantitative estimate of drug-likeness (QED) is 0.142. The van der Waals surface area contributed by atoms with E-state index >= 15 is 0 Å². The van der Waals surface area contributed by atoms with E-state index in [1.807, 2.05) is 24.3 Å². The summed E-state index contributed by atoms with van der Waals surface area (Å²) in [5.74, 6) is 1.59. The van der Waals surface area contributed by atoms with E-state index in [1.165, 1.54) is 109 Å². The number of para-hydroxylation sites is 1. The van der Waals surface area contributed by atoms with Crippen LogP contribution in [0.2, 0.25) is 0 Å². The average Bonchev–Trinajstić information content (AvgIpc) is 4.02. The van der Waals surface area contributed by atoms with Crippen LogP contribution in [-0.4, -0.2) is 14.8 Å². The summed E-state index contributed by atoms with van der Waals surface area (Å²) in [6.07, 6.45) is 0. The lowest BCUT2D eigenvalue weighted by atomic mass is 9.83. The molecule has 77 heavy (non-hydrogen) atoms. The lowest BCUT2D eigenvalue weighted by Crippen LogP contribution is -2.00. The standard InChI is InChI=1S/C74H47N3/c1-3-21-50(22-4-1)73-75-76-74(77(73)60-29-5-2-6-30-60)59-28-18-27-56(46-59)70-63-33-13-11-31-61(63)69(62-32-12-14-34-64(62)70)55-26-17-25-53(45-55)54-41-42-67-68(47-54)72(58-40-38-49-20-8-10-24-52(49)44-58)66-36-16-15-35-65(66)71(67)57-39-37-48-19-7-9-23-51(48)43-57/h1-47H.